The van der Waals surface area contributed by atoms with E-state index in [0.29, 0.717) is 0 Å². The van der Waals surface area contributed by atoms with Crippen LogP contribution >= 0.6 is 0 Å². The highest BCUT2D eigenvalue weighted by Crippen LogP contribution is 1.96. The van der Waals surface area contributed by atoms with E-state index in [1.54, 1.807) is 6.07 Å². The molecule has 2 heterocycles. The fourth-order valence-electron chi connectivity index (χ4n) is 1.75. The highest BCUT2D eigenvalue weighted by molar-refractivity contribution is 4.98. The van der Waals surface area contributed by atoms with Crippen molar-refractivity contribution in [1.29, 1.82) is 0 Å². The normalized spacial score (nSPS) is 17.9. The van der Waals surface area contributed by atoms with Gasteiger partial charge in [0, 0.05) is 50.9 Å². The van der Waals surface area contributed by atoms with Gasteiger partial charge in [-0.05, 0) is 0 Å². The van der Waals surface area contributed by atoms with Gasteiger partial charge in [-0.3, -0.25) is 4.79 Å². The molecular formula is C10H16N4O. The minimum Gasteiger partial charge on any atom is -0.314 e. The van der Waals surface area contributed by atoms with E-state index in [4.69, 9.17) is 0 Å². The van der Waals surface area contributed by atoms with Gasteiger partial charge in [0.15, 0.2) is 0 Å². The summed E-state index contributed by atoms with van der Waals surface area (Å²) in [5, 5.41) is 3.31. The third-order valence-electron chi connectivity index (χ3n) is 2.63. The Morgan fingerprint density at radius 1 is 1.40 bits per heavy atom. The van der Waals surface area contributed by atoms with Crippen LogP contribution < -0.4 is 10.9 Å². The summed E-state index contributed by atoms with van der Waals surface area (Å²) in [5.74, 6) is 0. The molecule has 0 amide bonds. The van der Waals surface area contributed by atoms with Gasteiger partial charge in [-0.25, -0.2) is 4.98 Å². The van der Waals surface area contributed by atoms with E-state index in [1.807, 2.05) is 0 Å². The van der Waals surface area contributed by atoms with Crippen LogP contribution in [0.1, 0.15) is 5.69 Å². The maximum Gasteiger partial charge on any atom is 0.250 e. The van der Waals surface area contributed by atoms with E-state index < -0.39 is 0 Å². The first-order valence-corrected chi connectivity index (χ1v) is 5.31. The number of aromatic amines is 1. The zero-order valence-corrected chi connectivity index (χ0v) is 8.70. The summed E-state index contributed by atoms with van der Waals surface area (Å²) in [4.78, 5) is 20.1. The van der Waals surface area contributed by atoms with Crippen LogP contribution in [0, 0.1) is 0 Å². The summed E-state index contributed by atoms with van der Waals surface area (Å²) in [6.07, 6.45) is 2.32. The monoisotopic (exact) mass is 208 g/mol. The summed E-state index contributed by atoms with van der Waals surface area (Å²) < 4.78 is 0. The lowest BCUT2D eigenvalue weighted by atomic mass is 10.2. The van der Waals surface area contributed by atoms with Gasteiger partial charge in [-0.15, -0.1) is 0 Å². The minimum absolute atomic E-state index is 0.0692. The Morgan fingerprint density at radius 2 is 2.20 bits per heavy atom. The molecule has 1 aliphatic heterocycles. The second-order valence-corrected chi connectivity index (χ2v) is 3.74. The number of aromatic nitrogens is 2. The van der Waals surface area contributed by atoms with Crippen LogP contribution in [0.15, 0.2) is 17.2 Å². The van der Waals surface area contributed by atoms with E-state index in [9.17, 15) is 4.79 Å². The Balaban J connectivity index is 1.84. The molecule has 0 radical (unpaired) electrons. The van der Waals surface area contributed by atoms with Gasteiger partial charge < -0.3 is 15.2 Å². The van der Waals surface area contributed by atoms with Crippen LogP contribution in [0.3, 0.4) is 0 Å². The Kier molecular flexibility index (Phi) is 3.47. The average Bonchev–Trinajstić information content (AvgIpc) is 2.28. The maximum atomic E-state index is 11.0. The van der Waals surface area contributed by atoms with Crippen molar-refractivity contribution in [3.8, 4) is 0 Å². The molecule has 0 spiro atoms. The van der Waals surface area contributed by atoms with Gasteiger partial charge in [0.2, 0.25) is 0 Å². The van der Waals surface area contributed by atoms with Crippen molar-refractivity contribution < 1.29 is 0 Å². The van der Waals surface area contributed by atoms with E-state index in [0.717, 1.165) is 44.8 Å². The lowest BCUT2D eigenvalue weighted by Gasteiger charge is -2.26. The molecule has 1 fully saturated rings. The minimum atomic E-state index is -0.0692. The van der Waals surface area contributed by atoms with Crippen molar-refractivity contribution in [2.24, 2.45) is 0 Å². The summed E-state index contributed by atoms with van der Waals surface area (Å²) in [6.45, 7) is 5.27. The van der Waals surface area contributed by atoms with Crippen molar-refractivity contribution in [1.82, 2.24) is 20.2 Å². The first kappa shape index (κ1) is 10.3. The Bertz CT molecular complexity index is 356. The summed E-state index contributed by atoms with van der Waals surface area (Å²) in [7, 11) is 0. The van der Waals surface area contributed by atoms with Crippen LogP contribution in [0.2, 0.25) is 0 Å². The number of rotatable bonds is 3. The highest BCUT2D eigenvalue weighted by Gasteiger charge is 2.09. The predicted molar refractivity (Wildman–Crippen MR) is 57.9 cm³/mol. The molecule has 1 aromatic heterocycles. The molecule has 0 atom stereocenters. The largest absolute Gasteiger partial charge is 0.314 e. The van der Waals surface area contributed by atoms with Crippen molar-refractivity contribution in [3.05, 3.63) is 28.4 Å². The molecule has 2 rings (SSSR count). The van der Waals surface area contributed by atoms with Crippen LogP contribution in [0.4, 0.5) is 0 Å². The molecule has 2 N–H and O–H groups in total. The molecule has 0 unspecified atom stereocenters. The Hall–Kier alpha value is -1.20. The molecule has 0 saturated carbocycles. The predicted octanol–water partition coefficient (Wildman–Crippen LogP) is -0.782. The second-order valence-electron chi connectivity index (χ2n) is 3.74. The first-order chi connectivity index (χ1) is 7.34. The third kappa shape index (κ3) is 3.14. The van der Waals surface area contributed by atoms with Crippen LogP contribution in [0.5, 0.6) is 0 Å². The van der Waals surface area contributed by atoms with E-state index in [1.165, 1.54) is 6.33 Å². The van der Waals surface area contributed by atoms with Crippen molar-refractivity contribution in [2.75, 3.05) is 32.7 Å². The number of piperazine rings is 1. The molecule has 0 aromatic carbocycles. The van der Waals surface area contributed by atoms with E-state index >= 15 is 0 Å². The SMILES string of the molecule is O=c1cc(CCN2CCNCC2)nc[nH]1. The summed E-state index contributed by atoms with van der Waals surface area (Å²) >= 11 is 0. The summed E-state index contributed by atoms with van der Waals surface area (Å²) in [6, 6.07) is 1.57. The maximum absolute atomic E-state index is 11.0. The smallest absolute Gasteiger partial charge is 0.250 e. The molecule has 82 valence electrons. The van der Waals surface area contributed by atoms with Gasteiger partial charge in [0.25, 0.3) is 5.56 Å². The third-order valence-corrected chi connectivity index (χ3v) is 2.63. The Labute approximate surface area is 88.5 Å². The fourth-order valence-corrected chi connectivity index (χ4v) is 1.75. The van der Waals surface area contributed by atoms with E-state index in [2.05, 4.69) is 20.2 Å². The number of H-pyrrole nitrogens is 1. The molecule has 5 heteroatoms. The van der Waals surface area contributed by atoms with Gasteiger partial charge >= 0.3 is 0 Å². The van der Waals surface area contributed by atoms with Crippen molar-refractivity contribution in [2.45, 2.75) is 6.42 Å². The van der Waals surface area contributed by atoms with Gasteiger partial charge in [-0.1, -0.05) is 0 Å². The summed E-state index contributed by atoms with van der Waals surface area (Å²) in [5.41, 5.74) is 0.803. The first-order valence-electron chi connectivity index (χ1n) is 5.31. The van der Waals surface area contributed by atoms with Gasteiger partial charge in [-0.2, -0.15) is 0 Å². The Morgan fingerprint density at radius 3 is 2.93 bits per heavy atom. The molecule has 5 nitrogen and oxygen atoms in total. The molecule has 1 aromatic rings. The highest BCUT2D eigenvalue weighted by atomic mass is 16.1. The molecule has 0 aliphatic carbocycles. The zero-order chi connectivity index (χ0) is 10.5. The standard InChI is InChI=1S/C10H16N4O/c15-10-7-9(12-8-13-10)1-4-14-5-2-11-3-6-14/h7-8,11H,1-6H2,(H,12,13,15). The van der Waals surface area contributed by atoms with Crippen LogP contribution in [0.25, 0.3) is 0 Å². The molecule has 1 aliphatic rings. The number of hydrogen-bond donors (Lipinski definition) is 2. The molecular weight excluding hydrogens is 192 g/mol. The van der Waals surface area contributed by atoms with Crippen LogP contribution in [-0.4, -0.2) is 47.6 Å². The lowest BCUT2D eigenvalue weighted by molar-refractivity contribution is 0.243. The fraction of sp³-hybridized carbons (Fsp3) is 0.600. The zero-order valence-electron chi connectivity index (χ0n) is 8.70. The lowest BCUT2D eigenvalue weighted by Crippen LogP contribution is -2.44. The van der Waals surface area contributed by atoms with Crippen molar-refractivity contribution >= 4 is 0 Å². The molecule has 15 heavy (non-hydrogen) atoms. The van der Waals surface area contributed by atoms with E-state index in [-0.39, 0.29) is 5.56 Å². The quantitative estimate of drug-likeness (QED) is 0.684. The van der Waals surface area contributed by atoms with Crippen molar-refractivity contribution in [3.63, 3.8) is 0 Å². The number of hydrogen-bond acceptors (Lipinski definition) is 4. The second kappa shape index (κ2) is 5.04. The number of nitrogens with zero attached hydrogens (tertiary/aromatic N) is 2. The van der Waals surface area contributed by atoms with Gasteiger partial charge in [0.05, 0.1) is 6.33 Å². The average molecular weight is 208 g/mol. The van der Waals surface area contributed by atoms with Crippen LogP contribution in [-0.2, 0) is 6.42 Å². The molecule has 1 saturated heterocycles. The number of nitrogens with one attached hydrogen (secondary N) is 2. The van der Waals surface area contributed by atoms with Gasteiger partial charge in [0.1, 0.15) is 0 Å². The topological polar surface area (TPSA) is 61.0 Å². The molecule has 0 bridgehead atoms.